The van der Waals surface area contributed by atoms with Gasteiger partial charge >= 0.3 is 5.97 Å². The predicted molar refractivity (Wildman–Crippen MR) is 144 cm³/mol. The van der Waals surface area contributed by atoms with E-state index in [1.807, 2.05) is 72.9 Å². The van der Waals surface area contributed by atoms with E-state index in [1.54, 1.807) is 12.1 Å². The first-order chi connectivity index (χ1) is 17.6. The molecular weight excluding hydrogens is 446 g/mol. The van der Waals surface area contributed by atoms with Gasteiger partial charge in [-0.1, -0.05) is 86.1 Å². The normalized spacial score (nSPS) is 12.7. The standard InChI is InChI=1S/C32H33NO3/c1-2-3-17-30(34)32(29-16-10-23-33-29,22-9-13-24-11-5-4-6-12-24)26-20-18-25(19-21-26)27-14-7-8-15-28(27)31(35)36/h4-8,10-12,14-16,18-21,23,33H,2-3,9,13,17,22H2,1H3,(H,35,36). The number of aromatic nitrogens is 1. The number of hydrogen-bond donors (Lipinski definition) is 2. The smallest absolute Gasteiger partial charge is 0.336 e. The Morgan fingerprint density at radius 2 is 1.56 bits per heavy atom. The van der Waals surface area contributed by atoms with Crippen LogP contribution in [-0.2, 0) is 16.6 Å². The van der Waals surface area contributed by atoms with E-state index in [2.05, 4.69) is 24.0 Å². The summed E-state index contributed by atoms with van der Waals surface area (Å²) in [5.74, 6) is -0.732. The molecule has 1 heterocycles. The van der Waals surface area contributed by atoms with E-state index in [4.69, 9.17) is 0 Å². The average Bonchev–Trinajstić information content (AvgIpc) is 3.46. The Hall–Kier alpha value is -3.92. The van der Waals surface area contributed by atoms with Crippen LogP contribution in [0.3, 0.4) is 0 Å². The van der Waals surface area contributed by atoms with Crippen molar-refractivity contribution in [2.75, 3.05) is 0 Å². The molecule has 0 saturated carbocycles. The van der Waals surface area contributed by atoms with Crippen LogP contribution in [0.5, 0.6) is 0 Å². The van der Waals surface area contributed by atoms with Crippen molar-refractivity contribution in [1.29, 1.82) is 0 Å². The number of aryl methyl sites for hydroxylation is 1. The van der Waals surface area contributed by atoms with Crippen molar-refractivity contribution in [2.45, 2.75) is 50.9 Å². The van der Waals surface area contributed by atoms with Gasteiger partial charge in [0.05, 0.1) is 11.0 Å². The number of aromatic carboxylic acids is 1. The van der Waals surface area contributed by atoms with Gasteiger partial charge in [-0.15, -0.1) is 0 Å². The Kier molecular flexibility index (Phi) is 8.17. The van der Waals surface area contributed by atoms with Gasteiger partial charge in [0.1, 0.15) is 5.78 Å². The second-order valence-corrected chi connectivity index (χ2v) is 9.28. The van der Waals surface area contributed by atoms with Crippen LogP contribution >= 0.6 is 0 Å². The molecule has 0 aliphatic carbocycles. The minimum Gasteiger partial charge on any atom is -0.478 e. The van der Waals surface area contributed by atoms with E-state index in [9.17, 15) is 14.7 Å². The van der Waals surface area contributed by atoms with Crippen LogP contribution in [0.15, 0.2) is 97.2 Å². The van der Waals surface area contributed by atoms with Crippen molar-refractivity contribution in [3.05, 3.63) is 120 Å². The minimum atomic E-state index is -0.953. The van der Waals surface area contributed by atoms with Gasteiger partial charge in [-0.05, 0) is 66.1 Å². The fourth-order valence-electron chi connectivity index (χ4n) is 5.09. The molecule has 0 fully saturated rings. The summed E-state index contributed by atoms with van der Waals surface area (Å²) in [5.41, 5.74) is 4.09. The number of carbonyl (C=O) groups is 2. The fraction of sp³-hybridized carbons (Fsp3) is 0.250. The summed E-state index contributed by atoms with van der Waals surface area (Å²) in [6, 6.07) is 29.2. The third-order valence-electron chi connectivity index (χ3n) is 7.00. The van der Waals surface area contributed by atoms with Gasteiger partial charge in [0.2, 0.25) is 0 Å². The number of hydrogen-bond acceptors (Lipinski definition) is 2. The van der Waals surface area contributed by atoms with E-state index < -0.39 is 11.4 Å². The van der Waals surface area contributed by atoms with Gasteiger partial charge in [0.15, 0.2) is 0 Å². The number of carbonyl (C=O) groups excluding carboxylic acids is 1. The van der Waals surface area contributed by atoms with Crippen LogP contribution in [0.4, 0.5) is 0 Å². The van der Waals surface area contributed by atoms with Crippen LogP contribution in [0.2, 0.25) is 0 Å². The van der Waals surface area contributed by atoms with Crippen molar-refractivity contribution in [3.8, 4) is 11.1 Å². The quantitative estimate of drug-likeness (QED) is 0.222. The molecule has 184 valence electrons. The van der Waals surface area contributed by atoms with Gasteiger partial charge in [-0.2, -0.15) is 0 Å². The maximum atomic E-state index is 14.0. The summed E-state index contributed by atoms with van der Waals surface area (Å²) in [6.45, 7) is 2.10. The predicted octanol–water partition coefficient (Wildman–Crippen LogP) is 7.45. The number of carboxylic acid groups (broad SMARTS) is 1. The topological polar surface area (TPSA) is 70.2 Å². The third-order valence-corrected chi connectivity index (χ3v) is 7.00. The van der Waals surface area contributed by atoms with Crippen molar-refractivity contribution < 1.29 is 14.7 Å². The Morgan fingerprint density at radius 1 is 0.833 bits per heavy atom. The molecule has 4 nitrogen and oxygen atoms in total. The fourth-order valence-corrected chi connectivity index (χ4v) is 5.09. The minimum absolute atomic E-state index is 0.221. The number of benzene rings is 3. The van der Waals surface area contributed by atoms with Crippen molar-refractivity contribution >= 4 is 11.8 Å². The molecule has 0 saturated heterocycles. The highest BCUT2D eigenvalue weighted by atomic mass is 16.4. The summed E-state index contributed by atoms with van der Waals surface area (Å²) in [7, 11) is 0. The van der Waals surface area contributed by atoms with Crippen LogP contribution in [0.1, 0.15) is 66.2 Å². The summed E-state index contributed by atoms with van der Waals surface area (Å²) in [6.07, 6.45) is 6.66. The number of rotatable bonds is 12. The molecule has 0 aliphatic rings. The first-order valence-electron chi connectivity index (χ1n) is 12.7. The number of aromatic amines is 1. The summed E-state index contributed by atoms with van der Waals surface area (Å²) < 4.78 is 0. The van der Waals surface area contributed by atoms with Crippen LogP contribution < -0.4 is 0 Å². The van der Waals surface area contributed by atoms with Gasteiger partial charge in [-0.3, -0.25) is 4.79 Å². The van der Waals surface area contributed by atoms with Crippen LogP contribution in [0, 0.1) is 0 Å². The van der Waals surface area contributed by atoms with E-state index in [0.29, 0.717) is 18.4 Å². The molecule has 0 radical (unpaired) electrons. The zero-order chi connectivity index (χ0) is 25.4. The zero-order valence-corrected chi connectivity index (χ0v) is 20.7. The average molecular weight is 480 g/mol. The Bertz CT molecular complexity index is 1280. The molecule has 1 unspecified atom stereocenters. The lowest BCUT2D eigenvalue weighted by Gasteiger charge is -2.33. The number of ketones is 1. The molecule has 4 rings (SSSR count). The first kappa shape index (κ1) is 25.2. The molecule has 4 aromatic rings. The number of Topliss-reactive ketones (excluding diaryl/α,β-unsaturated/α-hetero) is 1. The molecule has 4 heteroatoms. The SMILES string of the molecule is CCCCC(=O)C(CCCc1ccccc1)(c1ccc(-c2ccccc2C(=O)O)cc1)c1ccc[nH]1. The van der Waals surface area contributed by atoms with E-state index in [0.717, 1.165) is 42.5 Å². The largest absolute Gasteiger partial charge is 0.478 e. The molecule has 1 aromatic heterocycles. The van der Waals surface area contributed by atoms with Gasteiger partial charge in [-0.25, -0.2) is 4.79 Å². The lowest BCUT2D eigenvalue weighted by molar-refractivity contribution is -0.123. The lowest BCUT2D eigenvalue weighted by atomic mass is 9.69. The van der Waals surface area contributed by atoms with Gasteiger partial charge in [0, 0.05) is 18.3 Å². The maximum Gasteiger partial charge on any atom is 0.336 e. The molecule has 36 heavy (non-hydrogen) atoms. The van der Waals surface area contributed by atoms with Crippen molar-refractivity contribution in [3.63, 3.8) is 0 Å². The molecule has 0 bridgehead atoms. The number of H-pyrrole nitrogens is 1. The Morgan fingerprint density at radius 3 is 2.22 bits per heavy atom. The molecular formula is C32H33NO3. The molecule has 2 N–H and O–H groups in total. The molecule has 0 aliphatic heterocycles. The number of unbranched alkanes of at least 4 members (excludes halogenated alkanes) is 1. The second-order valence-electron chi connectivity index (χ2n) is 9.28. The maximum absolute atomic E-state index is 14.0. The Labute approximate surface area is 213 Å². The molecule has 0 spiro atoms. The summed E-state index contributed by atoms with van der Waals surface area (Å²) in [4.78, 5) is 29.1. The Balaban J connectivity index is 1.74. The third kappa shape index (κ3) is 5.33. The highest BCUT2D eigenvalue weighted by Gasteiger charge is 2.41. The number of nitrogens with one attached hydrogen (secondary N) is 1. The highest BCUT2D eigenvalue weighted by molar-refractivity contribution is 5.96. The van der Waals surface area contributed by atoms with E-state index >= 15 is 0 Å². The van der Waals surface area contributed by atoms with E-state index in [1.165, 1.54) is 5.56 Å². The van der Waals surface area contributed by atoms with Crippen molar-refractivity contribution in [1.82, 2.24) is 4.98 Å². The van der Waals surface area contributed by atoms with Crippen molar-refractivity contribution in [2.24, 2.45) is 0 Å². The molecule has 1 atom stereocenters. The second kappa shape index (κ2) is 11.7. The zero-order valence-electron chi connectivity index (χ0n) is 20.7. The number of carboxylic acids is 1. The monoisotopic (exact) mass is 479 g/mol. The van der Waals surface area contributed by atoms with E-state index in [-0.39, 0.29) is 11.3 Å². The molecule has 3 aromatic carbocycles. The van der Waals surface area contributed by atoms with Gasteiger partial charge in [0.25, 0.3) is 0 Å². The first-order valence-corrected chi connectivity index (χ1v) is 12.7. The van der Waals surface area contributed by atoms with Gasteiger partial charge < -0.3 is 10.1 Å². The van der Waals surface area contributed by atoms with Crippen LogP contribution in [0.25, 0.3) is 11.1 Å². The van der Waals surface area contributed by atoms with Crippen LogP contribution in [-0.4, -0.2) is 21.8 Å². The summed E-state index contributed by atoms with van der Waals surface area (Å²) >= 11 is 0. The molecule has 0 amide bonds. The summed E-state index contributed by atoms with van der Waals surface area (Å²) in [5, 5.41) is 9.63. The lowest BCUT2D eigenvalue weighted by Crippen LogP contribution is -2.38. The highest BCUT2D eigenvalue weighted by Crippen LogP contribution is 2.40.